The lowest BCUT2D eigenvalue weighted by molar-refractivity contribution is -0.120. The summed E-state index contributed by atoms with van der Waals surface area (Å²) in [5.41, 5.74) is 1.34. The third-order valence-electron chi connectivity index (χ3n) is 3.71. The molecule has 1 aliphatic heterocycles. The van der Waals surface area contributed by atoms with Crippen LogP contribution in [0.25, 0.3) is 0 Å². The van der Waals surface area contributed by atoms with Crippen molar-refractivity contribution in [1.82, 2.24) is 0 Å². The van der Waals surface area contributed by atoms with E-state index >= 15 is 0 Å². The summed E-state index contributed by atoms with van der Waals surface area (Å²) in [5.74, 6) is 0.742. The Morgan fingerprint density at radius 1 is 1.16 bits per heavy atom. The Balaban J connectivity index is 1.68. The van der Waals surface area contributed by atoms with Crippen LogP contribution in [0, 0.1) is 0 Å². The quantitative estimate of drug-likeness (QED) is 0.859. The second-order valence-corrected chi connectivity index (χ2v) is 6.69. The molecule has 2 aromatic carbocycles. The maximum atomic E-state index is 12.4. The fourth-order valence-electron chi connectivity index (χ4n) is 2.49. The number of hydrogen-bond donors (Lipinski definition) is 2. The SMILES string of the molecule is COc1cc(NC(=O)C[C@H]2Sc3ccccc3NC2=O)cc(OC)c1. The summed E-state index contributed by atoms with van der Waals surface area (Å²) in [6, 6.07) is 12.7. The lowest BCUT2D eigenvalue weighted by Crippen LogP contribution is -2.32. The Morgan fingerprint density at radius 3 is 2.52 bits per heavy atom. The molecule has 3 rings (SSSR count). The molecular weight excluding hydrogens is 340 g/mol. The molecule has 0 unspecified atom stereocenters. The second kappa shape index (κ2) is 7.48. The number of anilines is 2. The number of nitrogens with one attached hydrogen (secondary N) is 2. The van der Waals surface area contributed by atoms with E-state index in [0.717, 1.165) is 10.6 Å². The number of rotatable bonds is 5. The minimum atomic E-state index is -0.470. The molecule has 7 heteroatoms. The van der Waals surface area contributed by atoms with E-state index in [4.69, 9.17) is 9.47 Å². The summed E-state index contributed by atoms with van der Waals surface area (Å²) in [5, 5.41) is 5.16. The van der Waals surface area contributed by atoms with Gasteiger partial charge in [-0.05, 0) is 12.1 Å². The van der Waals surface area contributed by atoms with Crippen molar-refractivity contribution in [3.63, 3.8) is 0 Å². The Morgan fingerprint density at radius 2 is 1.84 bits per heavy atom. The van der Waals surface area contributed by atoms with Gasteiger partial charge in [0.25, 0.3) is 0 Å². The van der Waals surface area contributed by atoms with Crippen molar-refractivity contribution in [3.8, 4) is 11.5 Å². The highest BCUT2D eigenvalue weighted by atomic mass is 32.2. The first kappa shape index (κ1) is 17.2. The molecule has 0 radical (unpaired) electrons. The van der Waals surface area contributed by atoms with Crippen LogP contribution in [0.5, 0.6) is 11.5 Å². The van der Waals surface area contributed by atoms with Crippen LogP contribution in [0.4, 0.5) is 11.4 Å². The Hall–Kier alpha value is -2.67. The van der Waals surface area contributed by atoms with E-state index in [0.29, 0.717) is 17.2 Å². The molecule has 130 valence electrons. The van der Waals surface area contributed by atoms with Crippen LogP contribution >= 0.6 is 11.8 Å². The number of benzene rings is 2. The molecule has 6 nitrogen and oxygen atoms in total. The summed E-state index contributed by atoms with van der Waals surface area (Å²) in [6.45, 7) is 0. The number of para-hydroxylation sites is 1. The molecule has 2 amide bonds. The number of fused-ring (bicyclic) bond motifs is 1. The summed E-state index contributed by atoms with van der Waals surface area (Å²) >= 11 is 1.40. The van der Waals surface area contributed by atoms with Gasteiger partial charge in [-0.2, -0.15) is 0 Å². The zero-order valence-electron chi connectivity index (χ0n) is 13.9. The normalized spacial score (nSPS) is 15.8. The van der Waals surface area contributed by atoms with Gasteiger partial charge in [0, 0.05) is 35.2 Å². The fourth-order valence-corrected chi connectivity index (χ4v) is 3.60. The van der Waals surface area contributed by atoms with Gasteiger partial charge in [-0.25, -0.2) is 0 Å². The Kier molecular flexibility index (Phi) is 5.14. The number of carbonyl (C=O) groups excluding carboxylic acids is 2. The molecule has 0 spiro atoms. The van der Waals surface area contributed by atoms with E-state index in [2.05, 4.69) is 10.6 Å². The van der Waals surface area contributed by atoms with E-state index in [1.807, 2.05) is 24.3 Å². The van der Waals surface area contributed by atoms with Gasteiger partial charge in [0.2, 0.25) is 11.8 Å². The van der Waals surface area contributed by atoms with E-state index in [-0.39, 0.29) is 18.2 Å². The van der Waals surface area contributed by atoms with Gasteiger partial charge in [-0.15, -0.1) is 11.8 Å². The first-order valence-corrected chi connectivity index (χ1v) is 8.56. The van der Waals surface area contributed by atoms with Crippen molar-refractivity contribution in [3.05, 3.63) is 42.5 Å². The van der Waals surface area contributed by atoms with Crippen molar-refractivity contribution >= 4 is 35.0 Å². The molecule has 0 saturated carbocycles. The zero-order chi connectivity index (χ0) is 17.8. The Bertz CT molecular complexity index is 787. The van der Waals surface area contributed by atoms with Crippen LogP contribution in [-0.2, 0) is 9.59 Å². The maximum Gasteiger partial charge on any atom is 0.238 e. The highest BCUT2D eigenvalue weighted by molar-refractivity contribution is 8.01. The second-order valence-electron chi connectivity index (χ2n) is 5.45. The summed E-state index contributed by atoms with van der Waals surface area (Å²) in [4.78, 5) is 25.5. The highest BCUT2D eigenvalue weighted by Crippen LogP contribution is 2.36. The van der Waals surface area contributed by atoms with Crippen LogP contribution in [-0.4, -0.2) is 31.3 Å². The molecule has 1 atom stereocenters. The van der Waals surface area contributed by atoms with Crippen molar-refractivity contribution < 1.29 is 19.1 Å². The lowest BCUT2D eigenvalue weighted by Gasteiger charge is -2.23. The first-order valence-electron chi connectivity index (χ1n) is 7.68. The van der Waals surface area contributed by atoms with Gasteiger partial charge in [-0.1, -0.05) is 12.1 Å². The number of amides is 2. The third-order valence-corrected chi connectivity index (χ3v) is 4.99. The monoisotopic (exact) mass is 358 g/mol. The highest BCUT2D eigenvalue weighted by Gasteiger charge is 2.28. The molecule has 25 heavy (non-hydrogen) atoms. The maximum absolute atomic E-state index is 12.4. The number of carbonyl (C=O) groups is 2. The zero-order valence-corrected chi connectivity index (χ0v) is 14.7. The molecule has 2 aromatic rings. The van der Waals surface area contributed by atoms with E-state index in [1.54, 1.807) is 32.4 Å². The van der Waals surface area contributed by atoms with Gasteiger partial charge in [0.1, 0.15) is 11.5 Å². The summed E-state index contributed by atoms with van der Waals surface area (Å²) < 4.78 is 10.4. The van der Waals surface area contributed by atoms with Gasteiger partial charge < -0.3 is 20.1 Å². The average molecular weight is 358 g/mol. The molecule has 0 bridgehead atoms. The largest absolute Gasteiger partial charge is 0.497 e. The van der Waals surface area contributed by atoms with Gasteiger partial charge in [0.15, 0.2) is 0 Å². The summed E-state index contributed by atoms with van der Waals surface area (Å²) in [6.07, 6.45) is 0.0738. The van der Waals surface area contributed by atoms with Crippen molar-refractivity contribution in [1.29, 1.82) is 0 Å². The van der Waals surface area contributed by atoms with Crippen LogP contribution in [0.15, 0.2) is 47.4 Å². The number of thioether (sulfide) groups is 1. The van der Waals surface area contributed by atoms with E-state index in [9.17, 15) is 9.59 Å². The summed E-state index contributed by atoms with van der Waals surface area (Å²) in [7, 11) is 3.08. The van der Waals surface area contributed by atoms with Crippen molar-refractivity contribution in [2.45, 2.75) is 16.6 Å². The topological polar surface area (TPSA) is 76.7 Å². The Labute approximate surface area is 149 Å². The average Bonchev–Trinajstić information content (AvgIpc) is 2.61. The smallest absolute Gasteiger partial charge is 0.238 e. The molecule has 0 aliphatic carbocycles. The predicted molar refractivity (Wildman–Crippen MR) is 97.5 cm³/mol. The molecule has 0 saturated heterocycles. The molecule has 0 aromatic heterocycles. The van der Waals surface area contributed by atoms with Crippen LogP contribution in [0.2, 0.25) is 0 Å². The molecular formula is C18H18N2O4S. The van der Waals surface area contributed by atoms with Crippen LogP contribution < -0.4 is 20.1 Å². The van der Waals surface area contributed by atoms with Gasteiger partial charge >= 0.3 is 0 Å². The number of methoxy groups -OCH3 is 2. The van der Waals surface area contributed by atoms with Gasteiger partial charge in [-0.3, -0.25) is 9.59 Å². The minimum absolute atomic E-state index is 0.0738. The number of hydrogen-bond acceptors (Lipinski definition) is 5. The molecule has 1 aliphatic rings. The predicted octanol–water partition coefficient (Wildman–Crippen LogP) is 3.15. The first-order chi connectivity index (χ1) is 12.1. The van der Waals surface area contributed by atoms with Crippen molar-refractivity contribution in [2.24, 2.45) is 0 Å². The van der Waals surface area contributed by atoms with E-state index in [1.165, 1.54) is 11.8 Å². The lowest BCUT2D eigenvalue weighted by atomic mass is 10.2. The standard InChI is InChI=1S/C18H18N2O4S/c1-23-12-7-11(8-13(9-12)24-2)19-17(21)10-16-18(22)20-14-5-3-4-6-15(14)25-16/h3-9,16H,10H2,1-2H3,(H,19,21)(H,20,22)/t16-/m1/s1. The van der Waals surface area contributed by atoms with Gasteiger partial charge in [0.05, 0.1) is 25.2 Å². The van der Waals surface area contributed by atoms with Crippen LogP contribution in [0.1, 0.15) is 6.42 Å². The molecule has 2 N–H and O–H groups in total. The third kappa shape index (κ3) is 4.06. The van der Waals surface area contributed by atoms with Crippen molar-refractivity contribution in [2.75, 3.05) is 24.9 Å². The van der Waals surface area contributed by atoms with Crippen LogP contribution in [0.3, 0.4) is 0 Å². The fraction of sp³-hybridized carbons (Fsp3) is 0.222. The number of ether oxygens (including phenoxy) is 2. The van der Waals surface area contributed by atoms with E-state index < -0.39 is 5.25 Å². The minimum Gasteiger partial charge on any atom is -0.497 e. The molecule has 0 fully saturated rings. The molecule has 1 heterocycles.